The molecular formula is C19H26F3N5O4. The number of benzene rings is 1. The second-order valence-electron chi connectivity index (χ2n) is 6.96. The largest absolute Gasteiger partial charge is 0.573 e. The number of urea groups is 1. The first-order chi connectivity index (χ1) is 14.6. The molecule has 9 nitrogen and oxygen atoms in total. The minimum Gasteiger partial charge on any atom is -0.406 e. The maximum atomic E-state index is 12.2. The van der Waals surface area contributed by atoms with Crippen molar-refractivity contribution in [3.8, 4) is 5.75 Å². The van der Waals surface area contributed by atoms with E-state index < -0.39 is 24.3 Å². The Hall–Kier alpha value is -2.86. The smallest absolute Gasteiger partial charge is 0.406 e. The van der Waals surface area contributed by atoms with Gasteiger partial charge in [-0.05, 0) is 38.1 Å². The fourth-order valence-electron chi connectivity index (χ4n) is 3.04. The Morgan fingerprint density at radius 1 is 1.10 bits per heavy atom. The molecule has 4 amide bonds. The Labute approximate surface area is 177 Å². The highest BCUT2D eigenvalue weighted by Crippen LogP contribution is 2.23. The molecule has 0 aromatic heterocycles. The number of piperazine rings is 1. The number of alkyl halides is 3. The first-order valence-electron chi connectivity index (χ1n) is 9.78. The van der Waals surface area contributed by atoms with Crippen molar-refractivity contribution in [1.82, 2.24) is 20.4 Å². The van der Waals surface area contributed by atoms with Gasteiger partial charge in [-0.2, -0.15) is 0 Å². The third-order valence-corrected chi connectivity index (χ3v) is 4.65. The summed E-state index contributed by atoms with van der Waals surface area (Å²) in [5.41, 5.74) is 0.355. The van der Waals surface area contributed by atoms with Gasteiger partial charge in [-0.3, -0.25) is 24.7 Å². The minimum absolute atomic E-state index is 0.105. The third-order valence-electron chi connectivity index (χ3n) is 4.65. The number of halogens is 3. The van der Waals surface area contributed by atoms with E-state index in [9.17, 15) is 27.6 Å². The highest BCUT2D eigenvalue weighted by atomic mass is 19.4. The van der Waals surface area contributed by atoms with Crippen molar-refractivity contribution in [3.63, 3.8) is 0 Å². The quantitative estimate of drug-likeness (QED) is 0.586. The number of carbonyl (C=O) groups excluding carboxylic acids is 3. The van der Waals surface area contributed by atoms with E-state index in [2.05, 4.69) is 20.7 Å². The summed E-state index contributed by atoms with van der Waals surface area (Å²) in [4.78, 5) is 39.6. The number of anilines is 1. The molecule has 1 aliphatic heterocycles. The lowest BCUT2D eigenvalue weighted by atomic mass is 10.2. The highest BCUT2D eigenvalue weighted by Gasteiger charge is 2.31. The summed E-state index contributed by atoms with van der Waals surface area (Å²) >= 11 is 0. The van der Waals surface area contributed by atoms with Crippen molar-refractivity contribution in [2.75, 3.05) is 44.6 Å². The van der Waals surface area contributed by atoms with Gasteiger partial charge in [0, 0.05) is 38.4 Å². The van der Waals surface area contributed by atoms with E-state index in [1.165, 1.54) is 12.1 Å². The van der Waals surface area contributed by atoms with Gasteiger partial charge < -0.3 is 15.4 Å². The van der Waals surface area contributed by atoms with Crippen molar-refractivity contribution in [3.05, 3.63) is 24.3 Å². The van der Waals surface area contributed by atoms with Crippen LogP contribution in [0.4, 0.5) is 23.7 Å². The Kier molecular flexibility index (Phi) is 8.63. The highest BCUT2D eigenvalue weighted by molar-refractivity contribution is 5.96. The zero-order valence-electron chi connectivity index (χ0n) is 17.3. The van der Waals surface area contributed by atoms with E-state index in [1.54, 1.807) is 13.8 Å². The summed E-state index contributed by atoms with van der Waals surface area (Å²) in [6, 6.07) is 3.87. The lowest BCUT2D eigenvalue weighted by Gasteiger charge is -2.36. The van der Waals surface area contributed by atoms with E-state index in [0.29, 0.717) is 38.4 Å². The molecule has 1 heterocycles. The first-order valence-corrected chi connectivity index (χ1v) is 9.78. The summed E-state index contributed by atoms with van der Waals surface area (Å²) in [7, 11) is 0. The molecule has 1 saturated heterocycles. The second kappa shape index (κ2) is 11.0. The molecular weight excluding hydrogens is 419 g/mol. The molecule has 0 aliphatic carbocycles. The molecule has 31 heavy (non-hydrogen) atoms. The number of imide groups is 1. The second-order valence-corrected chi connectivity index (χ2v) is 6.96. The standard InChI is InChI=1S/C19H26F3N5O4/c1-3-23-18(30)25-17(29)13(2)27-10-8-26(9-11-27)12-16(28)24-14-4-6-15(7-5-14)31-19(20,21)22/h4-7,13H,3,8-12H2,1-2H3,(H,24,28)(H2,23,25,29,30). The van der Waals surface area contributed by atoms with E-state index >= 15 is 0 Å². The molecule has 1 unspecified atom stereocenters. The van der Waals surface area contributed by atoms with Crippen LogP contribution in [0.15, 0.2) is 24.3 Å². The predicted octanol–water partition coefficient (Wildman–Crippen LogP) is 1.38. The number of amides is 4. The van der Waals surface area contributed by atoms with Gasteiger partial charge in [-0.1, -0.05) is 0 Å². The molecule has 0 spiro atoms. The average molecular weight is 445 g/mol. The lowest BCUT2D eigenvalue weighted by Crippen LogP contribution is -2.56. The molecule has 0 bridgehead atoms. The first kappa shape index (κ1) is 24.4. The lowest BCUT2D eigenvalue weighted by molar-refractivity contribution is -0.274. The molecule has 0 radical (unpaired) electrons. The van der Waals surface area contributed by atoms with Gasteiger partial charge in [-0.25, -0.2) is 4.79 Å². The molecule has 3 N–H and O–H groups in total. The van der Waals surface area contributed by atoms with E-state index in [4.69, 9.17) is 0 Å². The van der Waals surface area contributed by atoms with Crippen LogP contribution in [-0.2, 0) is 9.59 Å². The molecule has 2 rings (SSSR count). The normalized spacial score (nSPS) is 16.3. The maximum absolute atomic E-state index is 12.2. The van der Waals surface area contributed by atoms with Crippen molar-refractivity contribution < 1.29 is 32.3 Å². The summed E-state index contributed by atoms with van der Waals surface area (Å²) in [6.07, 6.45) is -4.77. The molecule has 0 saturated carbocycles. The Morgan fingerprint density at radius 2 is 1.71 bits per heavy atom. The fraction of sp³-hybridized carbons (Fsp3) is 0.526. The van der Waals surface area contributed by atoms with Gasteiger partial charge in [-0.15, -0.1) is 13.2 Å². The van der Waals surface area contributed by atoms with Crippen LogP contribution >= 0.6 is 0 Å². The molecule has 172 valence electrons. The van der Waals surface area contributed by atoms with Crippen molar-refractivity contribution in [2.24, 2.45) is 0 Å². The Balaban J connectivity index is 1.75. The number of nitrogens with one attached hydrogen (secondary N) is 3. The van der Waals surface area contributed by atoms with Crippen LogP contribution in [0.25, 0.3) is 0 Å². The summed E-state index contributed by atoms with van der Waals surface area (Å²) in [5, 5.41) is 7.41. The van der Waals surface area contributed by atoms with Crippen LogP contribution in [0.5, 0.6) is 5.75 Å². The fourth-order valence-corrected chi connectivity index (χ4v) is 3.04. The van der Waals surface area contributed by atoms with Crippen LogP contribution < -0.4 is 20.7 Å². The molecule has 1 aromatic rings. The minimum atomic E-state index is -4.77. The van der Waals surface area contributed by atoms with Crippen molar-refractivity contribution >= 4 is 23.5 Å². The number of ether oxygens (including phenoxy) is 1. The van der Waals surface area contributed by atoms with Gasteiger partial charge in [0.2, 0.25) is 11.8 Å². The number of rotatable bonds is 7. The average Bonchev–Trinajstić information content (AvgIpc) is 2.68. The van der Waals surface area contributed by atoms with Crippen molar-refractivity contribution in [2.45, 2.75) is 26.3 Å². The molecule has 1 atom stereocenters. The summed E-state index contributed by atoms with van der Waals surface area (Å²) in [6.45, 7) is 6.16. The van der Waals surface area contributed by atoms with Crippen molar-refractivity contribution in [1.29, 1.82) is 0 Å². The van der Waals surface area contributed by atoms with Crippen LogP contribution in [0.1, 0.15) is 13.8 Å². The number of hydrogen-bond acceptors (Lipinski definition) is 6. The molecule has 1 aromatic carbocycles. The van der Waals surface area contributed by atoms with Gasteiger partial charge in [0.25, 0.3) is 0 Å². The molecule has 1 fully saturated rings. The van der Waals surface area contributed by atoms with E-state index in [-0.39, 0.29) is 18.2 Å². The Bertz CT molecular complexity index is 765. The number of hydrogen-bond donors (Lipinski definition) is 3. The van der Waals surface area contributed by atoms with Gasteiger partial charge >= 0.3 is 12.4 Å². The molecule has 12 heteroatoms. The molecule has 1 aliphatic rings. The van der Waals surface area contributed by atoms with E-state index in [0.717, 1.165) is 12.1 Å². The van der Waals surface area contributed by atoms with E-state index in [1.807, 2.05) is 9.80 Å². The third kappa shape index (κ3) is 8.42. The van der Waals surface area contributed by atoms with Gasteiger partial charge in [0.05, 0.1) is 12.6 Å². The SMILES string of the molecule is CCNC(=O)NC(=O)C(C)N1CCN(CC(=O)Nc2ccc(OC(F)(F)F)cc2)CC1. The number of carbonyl (C=O) groups is 3. The van der Waals surface area contributed by atoms with Crippen LogP contribution in [0, 0.1) is 0 Å². The van der Waals surface area contributed by atoms with Gasteiger partial charge in [0.1, 0.15) is 5.75 Å². The van der Waals surface area contributed by atoms with Crippen LogP contribution in [0.3, 0.4) is 0 Å². The van der Waals surface area contributed by atoms with Gasteiger partial charge in [0.15, 0.2) is 0 Å². The number of nitrogens with zero attached hydrogens (tertiary/aromatic N) is 2. The van der Waals surface area contributed by atoms with Crippen LogP contribution in [-0.4, -0.2) is 79.3 Å². The monoisotopic (exact) mass is 445 g/mol. The zero-order valence-corrected chi connectivity index (χ0v) is 17.3. The topological polar surface area (TPSA) is 103 Å². The predicted molar refractivity (Wildman–Crippen MR) is 106 cm³/mol. The Morgan fingerprint density at radius 3 is 2.26 bits per heavy atom. The zero-order chi connectivity index (χ0) is 23.0. The summed E-state index contributed by atoms with van der Waals surface area (Å²) in [5.74, 6) is -1.07. The van der Waals surface area contributed by atoms with Crippen LogP contribution in [0.2, 0.25) is 0 Å². The maximum Gasteiger partial charge on any atom is 0.573 e. The summed E-state index contributed by atoms with van der Waals surface area (Å²) < 4.78 is 40.3.